The molecular weight excluding hydrogens is 489 g/mol. The van der Waals surface area contributed by atoms with Gasteiger partial charge in [0, 0.05) is 11.3 Å². The summed E-state index contributed by atoms with van der Waals surface area (Å²) in [6.45, 7) is 4.41. The molecule has 0 bridgehead atoms. The summed E-state index contributed by atoms with van der Waals surface area (Å²) in [5.74, 6) is -0.659. The summed E-state index contributed by atoms with van der Waals surface area (Å²) in [5.41, 5.74) is 1.10. The summed E-state index contributed by atoms with van der Waals surface area (Å²) in [7, 11) is -1.98. The molecule has 6 heteroatoms. The van der Waals surface area contributed by atoms with E-state index in [1.165, 1.54) is 25.7 Å². The van der Waals surface area contributed by atoms with Gasteiger partial charge in [0.25, 0.3) is 0 Å². The average Bonchev–Trinajstić information content (AvgIpc) is 3.27. The first-order chi connectivity index (χ1) is 13.1. The van der Waals surface area contributed by atoms with Crippen molar-refractivity contribution in [1.82, 2.24) is 0 Å². The molecule has 0 spiro atoms. The van der Waals surface area contributed by atoms with Crippen LogP contribution in [-0.2, 0) is 33.8 Å². The SMILES string of the molecule is C.C1=CCC/C=C\CC1.C[C@@H]1CC[CH-][PH+]1C1=C([PH+]2[CH-]CC[C@H]2C)C(=O)OC1=O.[Rh+2]. The Morgan fingerprint density at radius 3 is 1.41 bits per heavy atom. The number of rotatable bonds is 2. The number of cyclic esters (lactones) is 2. The van der Waals surface area contributed by atoms with Crippen LogP contribution < -0.4 is 0 Å². The number of allylic oxidation sites excluding steroid dienone is 4. The zero-order valence-corrected chi connectivity index (χ0v) is 20.5. The Bertz CT molecular complexity index is 591. The molecule has 2 saturated heterocycles. The zero-order valence-electron chi connectivity index (χ0n) is 16.8. The van der Waals surface area contributed by atoms with Gasteiger partial charge in [0.2, 0.25) is 0 Å². The molecule has 0 N–H and O–H groups in total. The molecule has 1 radical (unpaired) electrons. The Morgan fingerprint density at radius 1 is 0.793 bits per heavy atom. The third-order valence-electron chi connectivity index (χ3n) is 5.74. The van der Waals surface area contributed by atoms with E-state index in [-0.39, 0.29) is 38.8 Å². The van der Waals surface area contributed by atoms with Gasteiger partial charge in [-0.25, -0.2) is 9.59 Å². The second-order valence-corrected chi connectivity index (χ2v) is 13.4. The van der Waals surface area contributed by atoms with Crippen molar-refractivity contribution in [1.29, 1.82) is 0 Å². The summed E-state index contributed by atoms with van der Waals surface area (Å²) in [4.78, 5) is 24.2. The van der Waals surface area contributed by atoms with Crippen molar-refractivity contribution < 1.29 is 33.8 Å². The van der Waals surface area contributed by atoms with E-state index >= 15 is 0 Å². The number of esters is 2. The molecule has 0 aromatic rings. The van der Waals surface area contributed by atoms with Crippen LogP contribution in [0.1, 0.15) is 72.6 Å². The topological polar surface area (TPSA) is 43.4 Å². The van der Waals surface area contributed by atoms with Crippen LogP contribution in [0.15, 0.2) is 34.9 Å². The Hall–Kier alpha value is -0.157. The van der Waals surface area contributed by atoms with Gasteiger partial charge in [-0.15, -0.1) is 12.8 Å². The van der Waals surface area contributed by atoms with Gasteiger partial charge in [-0.3, -0.25) is 0 Å². The molecule has 0 amide bonds. The van der Waals surface area contributed by atoms with Crippen molar-refractivity contribution in [3.8, 4) is 0 Å². The molecule has 2 unspecified atom stereocenters. The van der Waals surface area contributed by atoms with E-state index in [0.717, 1.165) is 36.3 Å². The number of carbonyl (C=O) groups excluding carboxylic acids is 2. The van der Waals surface area contributed by atoms with Gasteiger partial charge in [-0.2, -0.15) is 12.3 Å². The van der Waals surface area contributed by atoms with Crippen molar-refractivity contribution in [2.75, 3.05) is 0 Å². The normalized spacial score (nSPS) is 32.3. The number of hydrogen-bond donors (Lipinski definition) is 0. The van der Waals surface area contributed by atoms with Gasteiger partial charge in [0.15, 0.2) is 10.6 Å². The molecular formula is C23H36O3P2Rh+2. The zero-order chi connectivity index (χ0) is 19.2. The first kappa shape index (κ1) is 26.9. The predicted octanol–water partition coefficient (Wildman–Crippen LogP) is 6.70. The molecule has 1 aliphatic carbocycles. The molecule has 2 fully saturated rings. The molecule has 29 heavy (non-hydrogen) atoms. The van der Waals surface area contributed by atoms with Crippen LogP contribution in [0.25, 0.3) is 0 Å². The van der Waals surface area contributed by atoms with Crippen LogP contribution in [-0.4, -0.2) is 23.3 Å². The number of hydrogen-bond acceptors (Lipinski definition) is 3. The van der Waals surface area contributed by atoms with E-state index in [9.17, 15) is 9.59 Å². The van der Waals surface area contributed by atoms with Gasteiger partial charge < -0.3 is 4.74 Å². The van der Waals surface area contributed by atoms with Crippen molar-refractivity contribution in [2.24, 2.45) is 0 Å². The first-order valence-corrected chi connectivity index (χ1v) is 13.6. The summed E-state index contributed by atoms with van der Waals surface area (Å²) < 4.78 is 4.97. The predicted molar refractivity (Wildman–Crippen MR) is 124 cm³/mol. The van der Waals surface area contributed by atoms with E-state index in [2.05, 4.69) is 50.5 Å². The average molecular weight is 525 g/mol. The van der Waals surface area contributed by atoms with E-state index < -0.39 is 15.8 Å². The molecule has 4 rings (SSSR count). The summed E-state index contributed by atoms with van der Waals surface area (Å²) >= 11 is 0. The van der Waals surface area contributed by atoms with Gasteiger partial charge in [-0.05, 0) is 52.4 Å². The fourth-order valence-electron chi connectivity index (χ4n) is 4.16. The fraction of sp³-hybridized carbons (Fsp3) is 0.565. The first-order valence-electron chi connectivity index (χ1n) is 10.3. The Labute approximate surface area is 192 Å². The summed E-state index contributed by atoms with van der Waals surface area (Å²) in [6, 6.07) is 0. The monoisotopic (exact) mass is 525 g/mol. The number of carbonyl (C=O) groups is 2. The Morgan fingerprint density at radius 2 is 1.14 bits per heavy atom. The molecule has 3 nitrogen and oxygen atoms in total. The van der Waals surface area contributed by atoms with Crippen LogP contribution in [0.5, 0.6) is 0 Å². The molecule has 3 aliphatic heterocycles. The molecule has 0 aromatic heterocycles. The van der Waals surface area contributed by atoms with Gasteiger partial charge in [0.1, 0.15) is 0 Å². The van der Waals surface area contributed by atoms with Crippen LogP contribution in [0, 0.1) is 12.3 Å². The maximum Gasteiger partial charge on any atom is 2.00 e. The Balaban J connectivity index is 0.000000360. The molecule has 0 saturated carbocycles. The van der Waals surface area contributed by atoms with E-state index in [1.54, 1.807) is 0 Å². The van der Waals surface area contributed by atoms with Crippen LogP contribution in [0.4, 0.5) is 0 Å². The van der Waals surface area contributed by atoms with Crippen molar-refractivity contribution in [2.45, 2.75) is 84.0 Å². The smallest absolute Gasteiger partial charge is 0.381 e. The molecule has 0 aromatic carbocycles. The second-order valence-electron chi connectivity index (χ2n) is 7.80. The van der Waals surface area contributed by atoms with Crippen molar-refractivity contribution in [3.05, 3.63) is 47.3 Å². The quantitative estimate of drug-likeness (QED) is 0.101. The molecule has 4 atom stereocenters. The summed E-state index contributed by atoms with van der Waals surface area (Å²) in [6.07, 6.45) is 23.0. The summed E-state index contributed by atoms with van der Waals surface area (Å²) in [5, 5.41) is 1.61. The van der Waals surface area contributed by atoms with Gasteiger partial charge >= 0.3 is 31.4 Å². The maximum atomic E-state index is 12.1. The Kier molecular flexibility index (Phi) is 12.3. The van der Waals surface area contributed by atoms with E-state index in [4.69, 9.17) is 4.74 Å². The fourth-order valence-corrected chi connectivity index (χ4v) is 10.5. The standard InChI is InChI=1S/C14H20O3P2.C8H12.CH4.Rh/c1-9-5-3-7-18(9)11-12(14(16)17-13(11)15)19-8-4-6-10(19)2;1-2-4-6-8-7-5-3-1;;/h7-10,18-19H,3-6H2,1-2H3;1-2,7-8H,3-6H2;1H4;/q;;;+2/b;2-1-,8-7?;;/t9-,10-;;;/m1.../s1. The second kappa shape index (κ2) is 13.3. The third kappa shape index (κ3) is 6.92. The van der Waals surface area contributed by atoms with Crippen LogP contribution in [0.3, 0.4) is 0 Å². The minimum Gasteiger partial charge on any atom is -0.381 e. The van der Waals surface area contributed by atoms with Crippen molar-refractivity contribution in [3.63, 3.8) is 0 Å². The minimum atomic E-state index is -0.992. The van der Waals surface area contributed by atoms with E-state index in [0.29, 0.717) is 11.3 Å². The van der Waals surface area contributed by atoms with Crippen LogP contribution in [0.2, 0.25) is 0 Å². The molecule has 3 heterocycles. The molecule has 4 aliphatic rings. The van der Waals surface area contributed by atoms with Crippen LogP contribution >= 0.6 is 15.8 Å². The van der Waals surface area contributed by atoms with Gasteiger partial charge in [0.05, 0.1) is 0 Å². The van der Waals surface area contributed by atoms with Gasteiger partial charge in [-0.1, -0.05) is 47.6 Å². The number of ether oxygens (including phenoxy) is 1. The maximum absolute atomic E-state index is 12.1. The van der Waals surface area contributed by atoms with Crippen molar-refractivity contribution >= 4 is 27.8 Å². The minimum absolute atomic E-state index is 0. The molecule has 163 valence electrons. The third-order valence-corrected chi connectivity index (χ3v) is 12.2. The largest absolute Gasteiger partial charge is 2.00 e. The van der Waals surface area contributed by atoms with E-state index in [1.807, 2.05) is 0 Å².